The maximum absolute atomic E-state index is 14.0. The van der Waals surface area contributed by atoms with Crippen LogP contribution in [0.15, 0.2) is 18.2 Å². The zero-order chi connectivity index (χ0) is 24.3. The lowest BCUT2D eigenvalue weighted by molar-refractivity contribution is 0.103. The van der Waals surface area contributed by atoms with Crippen molar-refractivity contribution in [3.05, 3.63) is 40.3 Å². The highest BCUT2D eigenvalue weighted by atomic mass is 32.2. The quantitative estimate of drug-likeness (QED) is 0.489. The molecule has 0 saturated carbocycles. The van der Waals surface area contributed by atoms with Crippen LogP contribution < -0.4 is 15.8 Å². The van der Waals surface area contributed by atoms with Crippen molar-refractivity contribution in [3.63, 3.8) is 0 Å². The minimum atomic E-state index is -4.04. The van der Waals surface area contributed by atoms with Crippen molar-refractivity contribution in [2.24, 2.45) is 0 Å². The second-order valence-electron chi connectivity index (χ2n) is 7.54. The van der Waals surface area contributed by atoms with Gasteiger partial charge >= 0.3 is 16.3 Å². The molecule has 33 heavy (non-hydrogen) atoms. The second kappa shape index (κ2) is 9.97. The monoisotopic (exact) mass is 503 g/mol. The Labute approximate surface area is 193 Å². The van der Waals surface area contributed by atoms with Crippen molar-refractivity contribution >= 4 is 44.4 Å². The smallest absolute Gasteiger partial charge is 0.422 e. The highest BCUT2D eigenvalue weighted by Crippen LogP contribution is 2.30. The van der Waals surface area contributed by atoms with Crippen molar-refractivity contribution in [2.45, 2.75) is 38.8 Å². The fraction of sp³-hybridized carbons (Fsp3) is 0.421. The number of nitrogens with two attached hydrogens (primary N) is 1. The van der Waals surface area contributed by atoms with Crippen molar-refractivity contribution in [3.8, 4) is 0 Å². The number of rotatable bonds is 7. The summed E-state index contributed by atoms with van der Waals surface area (Å²) in [6.45, 7) is 3.44. The number of benzene rings is 1. The first-order valence-electron chi connectivity index (χ1n) is 9.98. The van der Waals surface area contributed by atoms with Crippen LogP contribution in [0.4, 0.5) is 24.5 Å². The van der Waals surface area contributed by atoms with Gasteiger partial charge in [-0.3, -0.25) is 4.79 Å². The van der Waals surface area contributed by atoms with Crippen LogP contribution in [0, 0.1) is 11.6 Å². The first-order chi connectivity index (χ1) is 15.5. The molecule has 0 radical (unpaired) electrons. The largest absolute Gasteiger partial charge is 0.446 e. The number of amides is 1. The third-order valence-corrected chi connectivity index (χ3v) is 7.20. The van der Waals surface area contributed by atoms with E-state index in [1.54, 1.807) is 13.8 Å². The van der Waals surface area contributed by atoms with E-state index in [4.69, 9.17) is 10.5 Å². The van der Waals surface area contributed by atoms with Gasteiger partial charge in [-0.05, 0) is 38.8 Å². The summed E-state index contributed by atoms with van der Waals surface area (Å²) in [5.74, 6) is -3.07. The SMILES string of the molecule is CC(C)OC(=O)NS(=O)(=O)N1CCC(Nc2nc(N)c(C(=O)c3c(F)cccc3F)s2)CC1. The lowest BCUT2D eigenvalue weighted by Crippen LogP contribution is -2.49. The van der Waals surface area contributed by atoms with E-state index in [1.807, 2.05) is 4.72 Å². The molecule has 0 spiro atoms. The van der Waals surface area contributed by atoms with Crippen LogP contribution in [-0.2, 0) is 14.9 Å². The Morgan fingerprint density at radius 1 is 1.24 bits per heavy atom. The molecule has 3 rings (SSSR count). The number of anilines is 2. The summed E-state index contributed by atoms with van der Waals surface area (Å²) in [5, 5.41) is 3.34. The van der Waals surface area contributed by atoms with Gasteiger partial charge in [-0.1, -0.05) is 17.4 Å². The first-order valence-corrected chi connectivity index (χ1v) is 12.2. The molecular formula is C19H23F2N5O5S2. The van der Waals surface area contributed by atoms with Gasteiger partial charge in [0.15, 0.2) is 5.13 Å². The summed E-state index contributed by atoms with van der Waals surface area (Å²) in [6, 6.07) is 2.91. The second-order valence-corrected chi connectivity index (χ2v) is 10.2. The summed E-state index contributed by atoms with van der Waals surface area (Å²) in [5.41, 5.74) is 5.09. The molecule has 1 aliphatic rings. The van der Waals surface area contributed by atoms with E-state index in [1.165, 1.54) is 0 Å². The zero-order valence-electron chi connectivity index (χ0n) is 17.8. The van der Waals surface area contributed by atoms with Crippen molar-refractivity contribution < 1.29 is 31.5 Å². The van der Waals surface area contributed by atoms with Gasteiger partial charge in [0.1, 0.15) is 22.3 Å². The van der Waals surface area contributed by atoms with Gasteiger partial charge in [-0.15, -0.1) is 0 Å². The van der Waals surface area contributed by atoms with Crippen LogP contribution in [0.25, 0.3) is 0 Å². The van der Waals surface area contributed by atoms with Gasteiger partial charge in [0, 0.05) is 19.1 Å². The van der Waals surface area contributed by atoms with Crippen LogP contribution >= 0.6 is 11.3 Å². The molecule has 1 aliphatic heterocycles. The Morgan fingerprint density at radius 3 is 2.42 bits per heavy atom. The molecule has 2 heterocycles. The van der Waals surface area contributed by atoms with E-state index < -0.39 is 45.4 Å². The molecule has 0 aliphatic carbocycles. The van der Waals surface area contributed by atoms with E-state index in [0.29, 0.717) is 12.8 Å². The molecular weight excluding hydrogens is 480 g/mol. The highest BCUT2D eigenvalue weighted by molar-refractivity contribution is 7.87. The van der Waals surface area contributed by atoms with E-state index in [9.17, 15) is 26.8 Å². The number of carbonyl (C=O) groups is 2. The van der Waals surface area contributed by atoms with Gasteiger partial charge < -0.3 is 15.8 Å². The molecule has 14 heteroatoms. The molecule has 1 aromatic heterocycles. The Morgan fingerprint density at radius 2 is 1.85 bits per heavy atom. The number of aromatic nitrogens is 1. The third-order valence-electron chi connectivity index (χ3n) is 4.73. The molecule has 10 nitrogen and oxygen atoms in total. The highest BCUT2D eigenvalue weighted by Gasteiger charge is 2.31. The minimum Gasteiger partial charge on any atom is -0.446 e. The maximum atomic E-state index is 14.0. The summed E-state index contributed by atoms with van der Waals surface area (Å²) < 4.78 is 60.3. The van der Waals surface area contributed by atoms with Gasteiger partial charge in [0.05, 0.1) is 11.7 Å². The van der Waals surface area contributed by atoms with Gasteiger partial charge in [-0.25, -0.2) is 23.3 Å². The van der Waals surface area contributed by atoms with Gasteiger partial charge in [0.25, 0.3) is 0 Å². The van der Waals surface area contributed by atoms with Crippen LogP contribution in [0.1, 0.15) is 41.9 Å². The van der Waals surface area contributed by atoms with Crippen LogP contribution in [0.5, 0.6) is 0 Å². The number of nitrogen functional groups attached to an aromatic ring is 1. The lowest BCUT2D eigenvalue weighted by Gasteiger charge is -2.31. The number of halogens is 2. The summed E-state index contributed by atoms with van der Waals surface area (Å²) >= 11 is 0.858. The predicted molar refractivity (Wildman–Crippen MR) is 118 cm³/mol. The zero-order valence-corrected chi connectivity index (χ0v) is 19.4. The number of piperidine rings is 1. The first kappa shape index (κ1) is 24.8. The molecule has 1 amide bonds. The number of ether oxygens (including phenoxy) is 1. The number of carbonyl (C=O) groups excluding carboxylic acids is 2. The fourth-order valence-electron chi connectivity index (χ4n) is 3.21. The number of hydrogen-bond donors (Lipinski definition) is 3. The molecule has 180 valence electrons. The number of ketones is 1. The topological polar surface area (TPSA) is 144 Å². The standard InChI is InChI=1S/C19H23F2N5O5S2/c1-10(2)31-19(28)25-33(29,30)26-8-6-11(7-9-26)23-18-24-17(22)16(32-18)15(27)14-12(20)4-3-5-13(14)21/h3-5,10-11H,6-9,22H2,1-2H3,(H,23,24)(H,25,28). The maximum Gasteiger partial charge on any atom is 0.422 e. The average Bonchev–Trinajstić information content (AvgIpc) is 3.07. The van der Waals surface area contributed by atoms with E-state index in [2.05, 4.69) is 10.3 Å². The molecule has 1 aromatic carbocycles. The molecule has 0 atom stereocenters. The fourth-order valence-corrected chi connectivity index (χ4v) is 5.20. The predicted octanol–water partition coefficient (Wildman–Crippen LogP) is 2.49. The van der Waals surface area contributed by atoms with Crippen LogP contribution in [-0.4, -0.2) is 54.8 Å². The minimum absolute atomic E-state index is 0.102. The van der Waals surface area contributed by atoms with Crippen LogP contribution in [0.3, 0.4) is 0 Å². The summed E-state index contributed by atoms with van der Waals surface area (Å²) in [4.78, 5) is 28.2. The molecule has 0 unspecified atom stereocenters. The van der Waals surface area contributed by atoms with E-state index in [-0.39, 0.29) is 35.0 Å². The summed E-state index contributed by atoms with van der Waals surface area (Å²) in [7, 11) is -4.04. The Balaban J connectivity index is 1.62. The van der Waals surface area contributed by atoms with Crippen LogP contribution in [0.2, 0.25) is 0 Å². The van der Waals surface area contributed by atoms with Gasteiger partial charge in [-0.2, -0.15) is 12.7 Å². The van der Waals surface area contributed by atoms with Crippen molar-refractivity contribution in [2.75, 3.05) is 24.1 Å². The molecule has 4 N–H and O–H groups in total. The Bertz CT molecular complexity index is 1130. The number of thiazole rings is 1. The van der Waals surface area contributed by atoms with E-state index in [0.717, 1.165) is 33.8 Å². The number of hydrogen-bond acceptors (Lipinski definition) is 9. The normalized spacial score (nSPS) is 15.4. The Hall–Kier alpha value is -2.84. The number of nitrogens with zero attached hydrogens (tertiary/aromatic N) is 2. The Kier molecular flexibility index (Phi) is 7.49. The molecule has 1 saturated heterocycles. The molecule has 0 bridgehead atoms. The molecule has 2 aromatic rings. The van der Waals surface area contributed by atoms with Gasteiger partial charge in [0.2, 0.25) is 5.78 Å². The van der Waals surface area contributed by atoms with Crippen molar-refractivity contribution in [1.82, 2.24) is 14.0 Å². The number of nitrogens with one attached hydrogen (secondary N) is 2. The summed E-state index contributed by atoms with van der Waals surface area (Å²) in [6.07, 6.45) is -0.755. The van der Waals surface area contributed by atoms with Crippen molar-refractivity contribution in [1.29, 1.82) is 0 Å². The third kappa shape index (κ3) is 5.94. The molecule has 1 fully saturated rings. The van der Waals surface area contributed by atoms with E-state index >= 15 is 0 Å². The lowest BCUT2D eigenvalue weighted by atomic mass is 10.1. The average molecular weight is 504 g/mol.